The third kappa shape index (κ3) is 3.71. The van der Waals surface area contributed by atoms with Gasteiger partial charge in [-0.1, -0.05) is 6.07 Å². The molecule has 0 aromatic carbocycles. The zero-order chi connectivity index (χ0) is 15.2. The fraction of sp³-hybridized carbons (Fsp3) is 0.438. The Balaban J connectivity index is 1.58. The van der Waals surface area contributed by atoms with Gasteiger partial charge in [-0.2, -0.15) is 5.10 Å². The molecular weight excluding hydrogens is 280 g/mol. The van der Waals surface area contributed by atoms with E-state index >= 15 is 0 Å². The zero-order valence-corrected chi connectivity index (χ0v) is 12.4. The summed E-state index contributed by atoms with van der Waals surface area (Å²) in [6.45, 7) is 1.97. The molecule has 6 heteroatoms. The van der Waals surface area contributed by atoms with Crippen LogP contribution in [-0.4, -0.2) is 33.9 Å². The van der Waals surface area contributed by atoms with Crippen LogP contribution in [0.2, 0.25) is 0 Å². The van der Waals surface area contributed by atoms with Gasteiger partial charge in [0.2, 0.25) is 5.91 Å². The van der Waals surface area contributed by atoms with Gasteiger partial charge in [-0.25, -0.2) is 9.67 Å². The molecule has 1 amide bonds. The number of carbonyl (C=O) groups excluding carboxylic acids is 1. The molecule has 0 saturated carbocycles. The van der Waals surface area contributed by atoms with E-state index < -0.39 is 0 Å². The van der Waals surface area contributed by atoms with E-state index in [4.69, 9.17) is 4.74 Å². The van der Waals surface area contributed by atoms with E-state index in [2.05, 4.69) is 15.4 Å². The molecule has 1 aliphatic rings. The van der Waals surface area contributed by atoms with Gasteiger partial charge in [0, 0.05) is 50.3 Å². The maximum absolute atomic E-state index is 12.1. The molecule has 1 atom stereocenters. The number of aromatic nitrogens is 3. The molecule has 116 valence electrons. The number of rotatable bonds is 5. The molecular formula is C16H20N4O2. The molecule has 2 aromatic heterocycles. The first-order valence-corrected chi connectivity index (χ1v) is 7.61. The molecule has 1 saturated heterocycles. The fourth-order valence-corrected chi connectivity index (χ4v) is 2.67. The van der Waals surface area contributed by atoms with Gasteiger partial charge < -0.3 is 10.1 Å². The van der Waals surface area contributed by atoms with E-state index in [0.717, 1.165) is 30.8 Å². The minimum Gasteiger partial charge on any atom is -0.381 e. The number of carbonyl (C=O) groups is 1. The summed E-state index contributed by atoms with van der Waals surface area (Å²) in [5.74, 6) is 1.15. The van der Waals surface area contributed by atoms with E-state index in [0.29, 0.717) is 25.5 Å². The Labute approximate surface area is 129 Å². The highest BCUT2D eigenvalue weighted by Gasteiger charge is 2.17. The van der Waals surface area contributed by atoms with Crippen LogP contribution in [0.25, 0.3) is 5.82 Å². The summed E-state index contributed by atoms with van der Waals surface area (Å²) in [6.07, 6.45) is 7.91. The van der Waals surface area contributed by atoms with Crippen LogP contribution in [0.1, 0.15) is 24.8 Å². The number of amides is 1. The van der Waals surface area contributed by atoms with Gasteiger partial charge in [-0.05, 0) is 30.9 Å². The Kier molecular flexibility index (Phi) is 4.80. The molecule has 1 fully saturated rings. The number of ether oxygens (including phenoxy) is 1. The molecule has 1 aliphatic heterocycles. The van der Waals surface area contributed by atoms with Crippen LogP contribution in [0.5, 0.6) is 0 Å². The molecule has 0 bridgehead atoms. The van der Waals surface area contributed by atoms with Gasteiger partial charge in [0.05, 0.1) is 0 Å². The molecule has 2 aromatic rings. The van der Waals surface area contributed by atoms with E-state index in [-0.39, 0.29) is 5.91 Å². The molecule has 6 nitrogen and oxygen atoms in total. The summed E-state index contributed by atoms with van der Waals surface area (Å²) < 4.78 is 7.12. The summed E-state index contributed by atoms with van der Waals surface area (Å²) in [4.78, 5) is 16.4. The van der Waals surface area contributed by atoms with Crippen molar-refractivity contribution in [2.75, 3.05) is 13.2 Å². The summed E-state index contributed by atoms with van der Waals surface area (Å²) in [6, 6.07) is 5.66. The largest absolute Gasteiger partial charge is 0.381 e. The highest BCUT2D eigenvalue weighted by Crippen LogP contribution is 2.17. The maximum atomic E-state index is 12.1. The number of hydrogen-bond donors (Lipinski definition) is 1. The molecule has 3 heterocycles. The fourth-order valence-electron chi connectivity index (χ4n) is 2.67. The molecule has 0 aliphatic carbocycles. The van der Waals surface area contributed by atoms with Gasteiger partial charge in [0.15, 0.2) is 5.82 Å². The van der Waals surface area contributed by atoms with E-state index in [1.807, 2.05) is 24.4 Å². The molecule has 0 spiro atoms. The second kappa shape index (κ2) is 7.17. The van der Waals surface area contributed by atoms with Crippen molar-refractivity contribution in [1.82, 2.24) is 20.1 Å². The van der Waals surface area contributed by atoms with Gasteiger partial charge in [-0.3, -0.25) is 4.79 Å². The topological polar surface area (TPSA) is 69.0 Å². The van der Waals surface area contributed by atoms with Crippen LogP contribution in [0, 0.1) is 5.92 Å². The predicted octanol–water partition coefficient (Wildman–Crippen LogP) is 1.70. The smallest absolute Gasteiger partial charge is 0.220 e. The summed E-state index contributed by atoms with van der Waals surface area (Å²) in [5, 5.41) is 7.17. The molecule has 3 rings (SSSR count). The molecule has 0 radical (unpaired) electrons. The number of nitrogens with zero attached hydrogens (tertiary/aromatic N) is 3. The Morgan fingerprint density at radius 2 is 2.36 bits per heavy atom. The van der Waals surface area contributed by atoms with Crippen LogP contribution in [0.15, 0.2) is 36.8 Å². The zero-order valence-electron chi connectivity index (χ0n) is 12.4. The van der Waals surface area contributed by atoms with E-state index in [9.17, 15) is 4.79 Å². The minimum absolute atomic E-state index is 0.0609. The van der Waals surface area contributed by atoms with Gasteiger partial charge >= 0.3 is 0 Å². The average molecular weight is 300 g/mol. The lowest BCUT2D eigenvalue weighted by atomic mass is 9.98. The number of pyridine rings is 1. The molecule has 1 N–H and O–H groups in total. The third-order valence-electron chi connectivity index (χ3n) is 3.79. The standard InChI is InChI=1S/C16H20N4O2/c21-15(10-13-4-2-9-22-12-13)18-11-14-5-1-6-17-16(14)20-8-3-7-19-20/h1,3,5-8,13H,2,4,9-12H2,(H,18,21). The minimum atomic E-state index is 0.0609. The SMILES string of the molecule is O=C(CC1CCCOC1)NCc1cccnc1-n1cccn1. The third-order valence-corrected chi connectivity index (χ3v) is 3.79. The maximum Gasteiger partial charge on any atom is 0.220 e. The first-order chi connectivity index (χ1) is 10.8. The molecule has 22 heavy (non-hydrogen) atoms. The highest BCUT2D eigenvalue weighted by atomic mass is 16.5. The lowest BCUT2D eigenvalue weighted by molar-refractivity contribution is -0.123. The second-order valence-electron chi connectivity index (χ2n) is 5.50. The van der Waals surface area contributed by atoms with Crippen molar-refractivity contribution in [3.05, 3.63) is 42.4 Å². The summed E-state index contributed by atoms with van der Waals surface area (Å²) in [5.41, 5.74) is 0.944. The van der Waals surface area contributed by atoms with Crippen LogP contribution in [-0.2, 0) is 16.1 Å². The van der Waals surface area contributed by atoms with Crippen molar-refractivity contribution in [2.45, 2.75) is 25.8 Å². The van der Waals surface area contributed by atoms with Crippen molar-refractivity contribution < 1.29 is 9.53 Å². The van der Waals surface area contributed by atoms with E-state index in [1.54, 1.807) is 17.1 Å². The highest BCUT2D eigenvalue weighted by molar-refractivity contribution is 5.76. The van der Waals surface area contributed by atoms with Gasteiger partial charge in [0.1, 0.15) is 0 Å². The molecule has 1 unspecified atom stereocenters. The Morgan fingerprint density at radius 1 is 1.41 bits per heavy atom. The summed E-state index contributed by atoms with van der Waals surface area (Å²) in [7, 11) is 0. The van der Waals surface area contributed by atoms with E-state index in [1.165, 1.54) is 0 Å². The summed E-state index contributed by atoms with van der Waals surface area (Å²) >= 11 is 0. The lowest BCUT2D eigenvalue weighted by Crippen LogP contribution is -2.28. The average Bonchev–Trinajstić information content (AvgIpc) is 3.08. The van der Waals surface area contributed by atoms with Crippen LogP contribution >= 0.6 is 0 Å². The Bertz CT molecular complexity index is 606. The van der Waals surface area contributed by atoms with Crippen LogP contribution < -0.4 is 5.32 Å². The second-order valence-corrected chi connectivity index (χ2v) is 5.50. The number of nitrogens with one attached hydrogen (secondary N) is 1. The van der Waals surface area contributed by atoms with Crippen molar-refractivity contribution in [3.8, 4) is 5.82 Å². The van der Waals surface area contributed by atoms with Gasteiger partial charge in [-0.15, -0.1) is 0 Å². The first-order valence-electron chi connectivity index (χ1n) is 7.61. The van der Waals surface area contributed by atoms with Crippen molar-refractivity contribution >= 4 is 5.91 Å². The Morgan fingerprint density at radius 3 is 3.14 bits per heavy atom. The van der Waals surface area contributed by atoms with Gasteiger partial charge in [0.25, 0.3) is 0 Å². The quantitative estimate of drug-likeness (QED) is 0.912. The normalized spacial score (nSPS) is 18.1. The number of hydrogen-bond acceptors (Lipinski definition) is 4. The van der Waals surface area contributed by atoms with Crippen molar-refractivity contribution in [2.24, 2.45) is 5.92 Å². The van der Waals surface area contributed by atoms with Crippen LogP contribution in [0.3, 0.4) is 0 Å². The monoisotopic (exact) mass is 300 g/mol. The predicted molar refractivity (Wildman–Crippen MR) is 81.4 cm³/mol. The van der Waals surface area contributed by atoms with Crippen molar-refractivity contribution in [3.63, 3.8) is 0 Å². The first kappa shape index (κ1) is 14.7. The van der Waals surface area contributed by atoms with Crippen molar-refractivity contribution in [1.29, 1.82) is 0 Å². The van der Waals surface area contributed by atoms with Crippen LogP contribution in [0.4, 0.5) is 0 Å². The Hall–Kier alpha value is -2.21. The lowest BCUT2D eigenvalue weighted by Gasteiger charge is -2.21.